The van der Waals surface area contributed by atoms with Gasteiger partial charge in [0.15, 0.2) is 0 Å². The molecule has 0 amide bonds. The Morgan fingerprint density at radius 1 is 1.27 bits per heavy atom. The number of piperidine rings is 1. The Kier molecular flexibility index (Phi) is 6.05. The SMILES string of the molecule is COC1CCC(C)(N2CCC(Nc3ccc(Cl)cc3[N+](=O)[O-])CC2)CC1. The highest BCUT2D eigenvalue weighted by atomic mass is 35.5. The first-order valence-electron chi connectivity index (χ1n) is 9.39. The van der Waals surface area contributed by atoms with Crippen LogP contribution in [0.25, 0.3) is 0 Å². The minimum absolute atomic E-state index is 0.0461. The van der Waals surface area contributed by atoms with E-state index in [-0.39, 0.29) is 22.2 Å². The fraction of sp³-hybridized carbons (Fsp3) is 0.684. The Morgan fingerprint density at radius 2 is 1.92 bits per heavy atom. The van der Waals surface area contributed by atoms with E-state index in [2.05, 4.69) is 17.1 Å². The highest BCUT2D eigenvalue weighted by Crippen LogP contribution is 2.37. The van der Waals surface area contributed by atoms with E-state index >= 15 is 0 Å². The lowest BCUT2D eigenvalue weighted by Gasteiger charge is -2.48. The molecule has 0 unspecified atom stereocenters. The van der Waals surface area contributed by atoms with E-state index in [4.69, 9.17) is 16.3 Å². The van der Waals surface area contributed by atoms with E-state index in [9.17, 15) is 10.1 Å². The predicted octanol–water partition coefficient (Wildman–Crippen LogP) is 4.47. The highest BCUT2D eigenvalue weighted by molar-refractivity contribution is 6.30. The van der Waals surface area contributed by atoms with Crippen molar-refractivity contribution < 1.29 is 9.66 Å². The lowest BCUT2D eigenvalue weighted by Crippen LogP contribution is -2.53. The molecule has 0 radical (unpaired) electrons. The number of hydrogen-bond acceptors (Lipinski definition) is 5. The quantitative estimate of drug-likeness (QED) is 0.602. The largest absolute Gasteiger partial charge is 0.381 e. The number of ether oxygens (including phenoxy) is 1. The third-order valence-electron chi connectivity index (χ3n) is 6.12. The fourth-order valence-electron chi connectivity index (χ4n) is 4.33. The van der Waals surface area contributed by atoms with E-state index in [0.717, 1.165) is 38.8 Å². The molecule has 2 fully saturated rings. The molecular weight excluding hydrogens is 354 g/mol. The second kappa shape index (κ2) is 8.11. The highest BCUT2D eigenvalue weighted by Gasteiger charge is 2.38. The number of hydrogen-bond donors (Lipinski definition) is 1. The summed E-state index contributed by atoms with van der Waals surface area (Å²) in [6, 6.07) is 5.07. The molecule has 0 bridgehead atoms. The normalized spacial score (nSPS) is 28.0. The zero-order chi connectivity index (χ0) is 18.7. The molecule has 1 N–H and O–H groups in total. The molecule has 1 saturated heterocycles. The van der Waals surface area contributed by atoms with Crippen LogP contribution in [0.1, 0.15) is 45.4 Å². The molecule has 0 atom stereocenters. The number of methoxy groups -OCH3 is 1. The van der Waals surface area contributed by atoms with E-state index < -0.39 is 0 Å². The molecule has 1 aliphatic heterocycles. The summed E-state index contributed by atoms with van der Waals surface area (Å²) in [5.74, 6) is 0. The van der Waals surface area contributed by atoms with Crippen molar-refractivity contribution in [2.45, 2.75) is 63.1 Å². The second-order valence-corrected chi connectivity index (χ2v) is 8.19. The standard InChI is InChI=1S/C19H28ClN3O3/c1-19(9-5-16(26-2)6-10-19)22-11-7-15(8-12-22)21-17-4-3-14(20)13-18(17)23(24)25/h3-4,13,15-16,21H,5-12H2,1-2H3. The number of nitrogens with zero attached hydrogens (tertiary/aromatic N) is 2. The lowest BCUT2D eigenvalue weighted by atomic mass is 9.79. The molecular formula is C19H28ClN3O3. The third-order valence-corrected chi connectivity index (χ3v) is 6.35. The fourth-order valence-corrected chi connectivity index (χ4v) is 4.49. The number of halogens is 1. The van der Waals surface area contributed by atoms with E-state index in [1.807, 2.05) is 0 Å². The summed E-state index contributed by atoms with van der Waals surface area (Å²) >= 11 is 5.90. The summed E-state index contributed by atoms with van der Waals surface area (Å²) in [5.41, 5.74) is 0.862. The van der Waals surface area contributed by atoms with Crippen LogP contribution in [0.5, 0.6) is 0 Å². The van der Waals surface area contributed by atoms with Crippen LogP contribution in [0.3, 0.4) is 0 Å². The van der Waals surface area contributed by atoms with Crippen LogP contribution in [-0.2, 0) is 4.74 Å². The van der Waals surface area contributed by atoms with Gasteiger partial charge in [0.2, 0.25) is 0 Å². The molecule has 7 heteroatoms. The van der Waals surface area contributed by atoms with E-state index in [1.54, 1.807) is 19.2 Å². The van der Waals surface area contributed by atoms with Gasteiger partial charge in [0.05, 0.1) is 11.0 Å². The Morgan fingerprint density at radius 3 is 2.50 bits per heavy atom. The van der Waals surface area contributed by atoms with Crippen molar-refractivity contribution in [3.8, 4) is 0 Å². The van der Waals surface area contributed by atoms with Crippen molar-refractivity contribution >= 4 is 23.0 Å². The maximum absolute atomic E-state index is 11.3. The molecule has 1 aromatic rings. The van der Waals surface area contributed by atoms with Crippen molar-refractivity contribution in [1.82, 2.24) is 4.90 Å². The average Bonchev–Trinajstić information content (AvgIpc) is 2.64. The van der Waals surface area contributed by atoms with Crippen LogP contribution >= 0.6 is 11.6 Å². The second-order valence-electron chi connectivity index (χ2n) is 7.76. The number of anilines is 1. The maximum Gasteiger partial charge on any atom is 0.293 e. The molecule has 1 heterocycles. The number of nitro groups is 1. The minimum Gasteiger partial charge on any atom is -0.381 e. The summed E-state index contributed by atoms with van der Waals surface area (Å²) in [6.45, 7) is 4.41. The molecule has 6 nitrogen and oxygen atoms in total. The monoisotopic (exact) mass is 381 g/mol. The van der Waals surface area contributed by atoms with Crippen LogP contribution in [0.4, 0.5) is 11.4 Å². The van der Waals surface area contributed by atoms with Crippen molar-refractivity contribution in [3.63, 3.8) is 0 Å². The van der Waals surface area contributed by atoms with Gasteiger partial charge in [-0.3, -0.25) is 15.0 Å². The van der Waals surface area contributed by atoms with E-state index in [0.29, 0.717) is 16.8 Å². The van der Waals surface area contributed by atoms with Crippen LogP contribution in [0, 0.1) is 10.1 Å². The van der Waals surface area contributed by atoms with Gasteiger partial charge in [-0.05, 0) is 57.6 Å². The molecule has 1 saturated carbocycles. The van der Waals surface area contributed by atoms with Crippen molar-refractivity contribution in [3.05, 3.63) is 33.3 Å². The first kappa shape index (κ1) is 19.4. The third kappa shape index (κ3) is 4.30. The van der Waals surface area contributed by atoms with Gasteiger partial charge in [0.25, 0.3) is 5.69 Å². The topological polar surface area (TPSA) is 67.6 Å². The van der Waals surface area contributed by atoms with Gasteiger partial charge in [-0.1, -0.05) is 11.6 Å². The molecule has 144 valence electrons. The number of likely N-dealkylation sites (tertiary alicyclic amines) is 1. The zero-order valence-electron chi connectivity index (χ0n) is 15.5. The molecule has 0 aromatic heterocycles. The summed E-state index contributed by atoms with van der Waals surface area (Å²) in [5, 5.41) is 15.0. The Hall–Kier alpha value is -1.37. The van der Waals surface area contributed by atoms with Crippen LogP contribution in [0.15, 0.2) is 18.2 Å². The van der Waals surface area contributed by atoms with Gasteiger partial charge in [-0.2, -0.15) is 0 Å². The Balaban J connectivity index is 1.57. The minimum atomic E-state index is -0.376. The smallest absolute Gasteiger partial charge is 0.293 e. The van der Waals surface area contributed by atoms with Gasteiger partial charge in [0, 0.05) is 42.9 Å². The molecule has 1 aliphatic carbocycles. The van der Waals surface area contributed by atoms with Crippen molar-refractivity contribution in [2.24, 2.45) is 0 Å². The summed E-state index contributed by atoms with van der Waals surface area (Å²) in [4.78, 5) is 13.5. The maximum atomic E-state index is 11.3. The summed E-state index contributed by atoms with van der Waals surface area (Å²) in [6.07, 6.45) is 6.99. The molecule has 2 aliphatic rings. The number of benzene rings is 1. The van der Waals surface area contributed by atoms with Crippen LogP contribution in [0.2, 0.25) is 5.02 Å². The lowest BCUT2D eigenvalue weighted by molar-refractivity contribution is -0.384. The predicted molar refractivity (Wildman–Crippen MR) is 104 cm³/mol. The van der Waals surface area contributed by atoms with Crippen LogP contribution in [-0.4, -0.2) is 47.7 Å². The zero-order valence-corrected chi connectivity index (χ0v) is 16.3. The number of rotatable bonds is 5. The van der Waals surface area contributed by atoms with E-state index in [1.165, 1.54) is 18.9 Å². The molecule has 0 spiro atoms. The van der Waals surface area contributed by atoms with Crippen molar-refractivity contribution in [2.75, 3.05) is 25.5 Å². The first-order valence-corrected chi connectivity index (χ1v) is 9.77. The first-order chi connectivity index (χ1) is 12.4. The molecule has 26 heavy (non-hydrogen) atoms. The summed E-state index contributed by atoms with van der Waals surface area (Å²) in [7, 11) is 1.81. The number of nitro benzene ring substituents is 1. The van der Waals surface area contributed by atoms with Crippen LogP contribution < -0.4 is 5.32 Å². The van der Waals surface area contributed by atoms with Gasteiger partial charge in [-0.15, -0.1) is 0 Å². The Bertz CT molecular complexity index is 639. The summed E-state index contributed by atoms with van der Waals surface area (Å²) < 4.78 is 5.50. The number of nitrogens with one attached hydrogen (secondary N) is 1. The van der Waals surface area contributed by atoms with Gasteiger partial charge in [-0.25, -0.2) is 0 Å². The van der Waals surface area contributed by atoms with Gasteiger partial charge >= 0.3 is 0 Å². The molecule has 1 aromatic carbocycles. The van der Waals surface area contributed by atoms with Gasteiger partial charge in [0.1, 0.15) is 5.69 Å². The van der Waals surface area contributed by atoms with Crippen molar-refractivity contribution in [1.29, 1.82) is 0 Å². The average molecular weight is 382 g/mol. The van der Waals surface area contributed by atoms with Gasteiger partial charge < -0.3 is 10.1 Å². The Labute approximate surface area is 160 Å². The molecule has 3 rings (SSSR count).